The van der Waals surface area contributed by atoms with Gasteiger partial charge in [-0.2, -0.15) is 0 Å². The Morgan fingerprint density at radius 3 is 2.65 bits per heavy atom. The largest absolute Gasteiger partial charge is 1.00 e. The van der Waals surface area contributed by atoms with Gasteiger partial charge in [0.1, 0.15) is 18.3 Å². The molecule has 0 unspecified atom stereocenters. The summed E-state index contributed by atoms with van der Waals surface area (Å²) in [7, 11) is -4.75. The number of rotatable bonds is 5. The number of carbonyl (C=O) groups is 1. The van der Waals surface area contributed by atoms with Gasteiger partial charge in [0.25, 0.3) is 0 Å². The van der Waals surface area contributed by atoms with Crippen molar-refractivity contribution in [3.8, 4) is 0 Å². The summed E-state index contributed by atoms with van der Waals surface area (Å²) in [5, 5.41) is 19.4. The van der Waals surface area contributed by atoms with Crippen LogP contribution in [0.5, 0.6) is 0 Å². The van der Waals surface area contributed by atoms with E-state index in [0.717, 1.165) is 0 Å². The molecule has 0 radical (unpaired) electrons. The molecule has 124 valence electrons. The molecule has 23 heavy (non-hydrogen) atoms. The minimum absolute atomic E-state index is 0. The SMILES string of the molecule is O=C(O[C@H]1O[C@H](COP(=O)(O)O)[C@@H](O)[C@H]1O)c1cccnc1.[H-].[K+]. The molecule has 0 aromatic carbocycles. The Morgan fingerprint density at radius 2 is 2.09 bits per heavy atom. The van der Waals surface area contributed by atoms with Gasteiger partial charge in [-0.15, -0.1) is 0 Å². The van der Waals surface area contributed by atoms with E-state index in [2.05, 4.69) is 9.51 Å². The quantitative estimate of drug-likeness (QED) is 0.227. The second-order valence-electron chi connectivity index (χ2n) is 4.46. The summed E-state index contributed by atoms with van der Waals surface area (Å²) in [6.45, 7) is -0.677. The predicted molar refractivity (Wildman–Crippen MR) is 69.4 cm³/mol. The van der Waals surface area contributed by atoms with Crippen LogP contribution in [0.4, 0.5) is 0 Å². The first-order valence-electron chi connectivity index (χ1n) is 6.10. The standard InChI is InChI=1S/C11H14NO9P.K.H/c13-8-7(5-19-22(16,17)18)20-11(9(8)14)21-10(15)6-2-1-3-12-4-6;;/h1-4,7-9,11,13-14H,5H2,(H2,16,17,18);;/q;+1;-1/t7-,8-,9-,11-;;/m1../s1. The van der Waals surface area contributed by atoms with Gasteiger partial charge >= 0.3 is 65.2 Å². The van der Waals surface area contributed by atoms with E-state index in [9.17, 15) is 19.6 Å². The number of hydrogen-bond acceptors (Lipinski definition) is 8. The van der Waals surface area contributed by atoms with Gasteiger partial charge in [-0.25, -0.2) is 9.36 Å². The van der Waals surface area contributed by atoms with Crippen LogP contribution in [0.2, 0.25) is 0 Å². The molecule has 2 rings (SSSR count). The first-order chi connectivity index (χ1) is 10.3. The fourth-order valence-corrected chi connectivity index (χ4v) is 2.12. The van der Waals surface area contributed by atoms with Gasteiger partial charge in [0.2, 0.25) is 6.29 Å². The number of nitrogens with zero attached hydrogens (tertiary/aromatic N) is 1. The number of ether oxygens (including phenoxy) is 2. The van der Waals surface area contributed by atoms with Crippen LogP contribution in [-0.4, -0.2) is 62.2 Å². The zero-order valence-corrected chi connectivity index (χ0v) is 16.1. The zero-order valence-electron chi connectivity index (χ0n) is 13.1. The molecule has 1 aliphatic rings. The topological polar surface area (TPSA) is 156 Å². The molecule has 1 aromatic rings. The predicted octanol–water partition coefficient (Wildman–Crippen LogP) is -4.09. The van der Waals surface area contributed by atoms with E-state index in [1.807, 2.05) is 0 Å². The molecule has 1 saturated heterocycles. The molecule has 2 heterocycles. The van der Waals surface area contributed by atoms with Crippen LogP contribution in [0.1, 0.15) is 11.8 Å². The molecule has 10 nitrogen and oxygen atoms in total. The third-order valence-electron chi connectivity index (χ3n) is 2.85. The van der Waals surface area contributed by atoms with Crippen LogP contribution in [0, 0.1) is 0 Å². The van der Waals surface area contributed by atoms with Crippen molar-refractivity contribution in [2.24, 2.45) is 0 Å². The Labute approximate surface area is 174 Å². The van der Waals surface area contributed by atoms with Gasteiger partial charge in [0.05, 0.1) is 12.2 Å². The van der Waals surface area contributed by atoms with E-state index in [1.165, 1.54) is 24.5 Å². The number of aliphatic hydroxyl groups excluding tert-OH is 2. The summed E-state index contributed by atoms with van der Waals surface area (Å²) in [5.74, 6) is -0.832. The first-order valence-corrected chi connectivity index (χ1v) is 7.63. The van der Waals surface area contributed by atoms with Gasteiger partial charge in [0.15, 0.2) is 0 Å². The molecule has 0 amide bonds. The summed E-state index contributed by atoms with van der Waals surface area (Å²) in [5.41, 5.74) is 0.114. The van der Waals surface area contributed by atoms with Crippen LogP contribution in [0.15, 0.2) is 24.5 Å². The second-order valence-corrected chi connectivity index (χ2v) is 5.70. The van der Waals surface area contributed by atoms with Crippen molar-refractivity contribution < 1.29 is 96.2 Å². The number of hydrogen-bond donors (Lipinski definition) is 4. The molecule has 4 atom stereocenters. The fraction of sp³-hybridized carbons (Fsp3) is 0.455. The number of aliphatic hydroxyl groups is 2. The summed E-state index contributed by atoms with van der Waals surface area (Å²) in [6.07, 6.45) is -3.16. The van der Waals surface area contributed by atoms with Crippen LogP contribution in [0.3, 0.4) is 0 Å². The third kappa shape index (κ3) is 6.23. The molecule has 1 aliphatic heterocycles. The monoisotopic (exact) mass is 375 g/mol. The number of phosphoric ester groups is 1. The van der Waals surface area contributed by atoms with Gasteiger partial charge in [-0.3, -0.25) is 9.51 Å². The van der Waals surface area contributed by atoms with Crippen LogP contribution in [0.25, 0.3) is 0 Å². The minimum atomic E-state index is -4.75. The van der Waals surface area contributed by atoms with Gasteiger partial charge < -0.3 is 30.9 Å². The number of carbonyl (C=O) groups excluding carboxylic acids is 1. The maximum Gasteiger partial charge on any atom is 1.00 e. The number of esters is 1. The molecule has 1 aromatic heterocycles. The average molecular weight is 375 g/mol. The number of aromatic nitrogens is 1. The molecular weight excluding hydrogens is 360 g/mol. The van der Waals surface area contributed by atoms with Crippen molar-refractivity contribution >= 4 is 13.8 Å². The van der Waals surface area contributed by atoms with Crippen LogP contribution in [-0.2, 0) is 18.6 Å². The minimum Gasteiger partial charge on any atom is -1.00 e. The van der Waals surface area contributed by atoms with Crippen molar-refractivity contribution in [1.82, 2.24) is 4.98 Å². The molecule has 0 bridgehead atoms. The van der Waals surface area contributed by atoms with Crippen LogP contribution >= 0.6 is 7.82 Å². The molecular formula is C11H15KNO9P. The molecule has 0 spiro atoms. The maximum absolute atomic E-state index is 11.8. The van der Waals surface area contributed by atoms with Crippen molar-refractivity contribution in [3.63, 3.8) is 0 Å². The van der Waals surface area contributed by atoms with E-state index in [0.29, 0.717) is 0 Å². The number of phosphoric acid groups is 1. The smallest absolute Gasteiger partial charge is 1.00 e. The van der Waals surface area contributed by atoms with Gasteiger partial charge in [-0.1, -0.05) is 0 Å². The van der Waals surface area contributed by atoms with E-state index < -0.39 is 45.0 Å². The van der Waals surface area contributed by atoms with E-state index in [4.69, 9.17) is 19.3 Å². The molecule has 0 aliphatic carbocycles. The maximum atomic E-state index is 11.8. The zero-order chi connectivity index (χ0) is 16.3. The second kappa shape index (κ2) is 9.09. The summed E-state index contributed by atoms with van der Waals surface area (Å²) in [6, 6.07) is 2.94. The summed E-state index contributed by atoms with van der Waals surface area (Å²) < 4.78 is 24.7. The Hall–Kier alpha value is 0.246. The Kier molecular flexibility index (Phi) is 8.41. The average Bonchev–Trinajstić information content (AvgIpc) is 2.73. The van der Waals surface area contributed by atoms with E-state index in [1.54, 1.807) is 0 Å². The van der Waals surface area contributed by atoms with Gasteiger partial charge in [0, 0.05) is 12.4 Å². The van der Waals surface area contributed by atoms with Crippen molar-refractivity contribution in [3.05, 3.63) is 30.1 Å². The van der Waals surface area contributed by atoms with Gasteiger partial charge in [-0.05, 0) is 12.1 Å². The van der Waals surface area contributed by atoms with E-state index in [-0.39, 0.29) is 58.4 Å². The Morgan fingerprint density at radius 1 is 1.39 bits per heavy atom. The summed E-state index contributed by atoms with van der Waals surface area (Å²) >= 11 is 0. The number of pyridine rings is 1. The van der Waals surface area contributed by atoms with Crippen molar-refractivity contribution in [2.45, 2.75) is 24.6 Å². The fourth-order valence-electron chi connectivity index (χ4n) is 1.78. The Balaban J connectivity index is 0.00000264. The Bertz CT molecular complexity index is 574. The molecule has 0 saturated carbocycles. The normalized spacial score (nSPS) is 27.3. The molecule has 4 N–H and O–H groups in total. The molecule has 12 heteroatoms. The van der Waals surface area contributed by atoms with Crippen LogP contribution < -0.4 is 51.4 Å². The third-order valence-corrected chi connectivity index (χ3v) is 3.33. The molecule has 1 fully saturated rings. The van der Waals surface area contributed by atoms with Crippen molar-refractivity contribution in [1.29, 1.82) is 0 Å². The summed E-state index contributed by atoms with van der Waals surface area (Å²) in [4.78, 5) is 32.7. The van der Waals surface area contributed by atoms with Crippen molar-refractivity contribution in [2.75, 3.05) is 6.61 Å². The van der Waals surface area contributed by atoms with E-state index >= 15 is 0 Å². The first kappa shape index (κ1) is 21.3.